The van der Waals surface area contributed by atoms with Crippen LogP contribution in [0.1, 0.15) is 43.8 Å². The summed E-state index contributed by atoms with van der Waals surface area (Å²) in [5.74, 6) is 1.29. The molecule has 0 bridgehead atoms. The van der Waals surface area contributed by atoms with Crippen molar-refractivity contribution in [2.24, 2.45) is 11.8 Å². The maximum Gasteiger partial charge on any atom is 0.231 e. The van der Waals surface area contributed by atoms with Crippen molar-refractivity contribution < 1.29 is 28.8 Å². The van der Waals surface area contributed by atoms with Crippen LogP contribution in [0.5, 0.6) is 11.5 Å². The van der Waals surface area contributed by atoms with E-state index in [9.17, 15) is 5.11 Å². The molecule has 1 aliphatic carbocycles. The number of hydrogen-bond donors (Lipinski definition) is 1. The molecule has 3 heterocycles. The molecule has 1 spiro atoms. The van der Waals surface area contributed by atoms with Gasteiger partial charge in [-0.05, 0) is 30.5 Å². The Labute approximate surface area is 165 Å². The topological polar surface area (TPSA) is 66.4 Å². The van der Waals surface area contributed by atoms with E-state index in [1.54, 1.807) is 0 Å². The summed E-state index contributed by atoms with van der Waals surface area (Å²) >= 11 is 0. The molecule has 2 saturated heterocycles. The highest BCUT2D eigenvalue weighted by molar-refractivity contribution is 5.45. The number of rotatable bonds is 4. The first-order chi connectivity index (χ1) is 13.8. The smallest absolute Gasteiger partial charge is 0.231 e. The molecule has 0 amide bonds. The van der Waals surface area contributed by atoms with Crippen molar-refractivity contribution in [3.63, 3.8) is 0 Å². The first-order valence-corrected chi connectivity index (χ1v) is 10.4. The number of aliphatic hydroxyl groups is 1. The molecule has 6 nitrogen and oxygen atoms in total. The SMILES string of the molecule is OC[C@H]1[C@@H](c2ccc3c(c2)OCO3)OC[C@@H]1/C=C\[C@@H]1COC2(CCCCC2)O1. The zero-order valence-corrected chi connectivity index (χ0v) is 16.0. The van der Waals surface area contributed by atoms with E-state index in [1.165, 1.54) is 19.3 Å². The first-order valence-electron chi connectivity index (χ1n) is 10.4. The summed E-state index contributed by atoms with van der Waals surface area (Å²) < 4.78 is 29.2. The van der Waals surface area contributed by atoms with Gasteiger partial charge in [0.1, 0.15) is 6.10 Å². The van der Waals surface area contributed by atoms with E-state index in [-0.39, 0.29) is 43.2 Å². The lowest BCUT2D eigenvalue weighted by Gasteiger charge is -2.31. The molecule has 3 aliphatic heterocycles. The van der Waals surface area contributed by atoms with Crippen LogP contribution in [0.4, 0.5) is 0 Å². The van der Waals surface area contributed by atoms with Gasteiger partial charge in [0.15, 0.2) is 17.3 Å². The molecule has 6 heteroatoms. The van der Waals surface area contributed by atoms with Crippen molar-refractivity contribution in [2.45, 2.75) is 50.1 Å². The first kappa shape index (κ1) is 18.4. The van der Waals surface area contributed by atoms with Crippen LogP contribution < -0.4 is 9.47 Å². The van der Waals surface area contributed by atoms with E-state index in [4.69, 9.17) is 23.7 Å². The number of benzene rings is 1. The van der Waals surface area contributed by atoms with Gasteiger partial charge in [0.05, 0.1) is 19.3 Å². The number of hydrogen-bond acceptors (Lipinski definition) is 6. The lowest BCUT2D eigenvalue weighted by molar-refractivity contribution is -0.182. The van der Waals surface area contributed by atoms with Crippen LogP contribution in [0.2, 0.25) is 0 Å². The van der Waals surface area contributed by atoms with Crippen LogP contribution in [0, 0.1) is 11.8 Å². The summed E-state index contributed by atoms with van der Waals surface area (Å²) in [5.41, 5.74) is 1.01. The Bertz CT molecular complexity index is 726. The van der Waals surface area contributed by atoms with Crippen LogP contribution in [-0.2, 0) is 14.2 Å². The molecule has 1 saturated carbocycles. The van der Waals surface area contributed by atoms with Crippen molar-refractivity contribution in [3.8, 4) is 11.5 Å². The van der Waals surface area contributed by atoms with Crippen LogP contribution >= 0.6 is 0 Å². The molecule has 4 aliphatic rings. The Kier molecular flexibility index (Phi) is 5.05. The van der Waals surface area contributed by atoms with Gasteiger partial charge in [0.2, 0.25) is 6.79 Å². The van der Waals surface area contributed by atoms with Crippen LogP contribution in [0.15, 0.2) is 30.4 Å². The number of aliphatic hydroxyl groups excluding tert-OH is 1. The molecule has 1 aromatic rings. The molecular weight excluding hydrogens is 360 g/mol. The van der Waals surface area contributed by atoms with Crippen molar-refractivity contribution in [1.82, 2.24) is 0 Å². The quantitative estimate of drug-likeness (QED) is 0.798. The molecule has 0 unspecified atom stereocenters. The molecule has 1 N–H and O–H groups in total. The van der Waals surface area contributed by atoms with Gasteiger partial charge in [-0.1, -0.05) is 24.6 Å². The average Bonchev–Trinajstić information content (AvgIpc) is 3.44. The molecule has 4 atom stereocenters. The van der Waals surface area contributed by atoms with E-state index < -0.39 is 0 Å². The van der Waals surface area contributed by atoms with E-state index in [2.05, 4.69) is 12.2 Å². The van der Waals surface area contributed by atoms with Crippen LogP contribution in [0.3, 0.4) is 0 Å². The van der Waals surface area contributed by atoms with Gasteiger partial charge in [0.25, 0.3) is 0 Å². The molecule has 0 aromatic heterocycles. The summed E-state index contributed by atoms with van der Waals surface area (Å²) in [4.78, 5) is 0. The largest absolute Gasteiger partial charge is 0.454 e. The van der Waals surface area contributed by atoms with E-state index in [1.807, 2.05) is 18.2 Å². The minimum atomic E-state index is -0.356. The van der Waals surface area contributed by atoms with Crippen LogP contribution in [0.25, 0.3) is 0 Å². The van der Waals surface area contributed by atoms with Crippen molar-refractivity contribution in [2.75, 3.05) is 26.6 Å². The van der Waals surface area contributed by atoms with E-state index in [0.29, 0.717) is 13.2 Å². The summed E-state index contributed by atoms with van der Waals surface area (Å²) in [7, 11) is 0. The highest BCUT2D eigenvalue weighted by Gasteiger charge is 2.42. The second kappa shape index (κ2) is 7.67. The lowest BCUT2D eigenvalue weighted by atomic mass is 9.87. The lowest BCUT2D eigenvalue weighted by Crippen LogP contribution is -2.33. The molecule has 1 aromatic carbocycles. The third-order valence-corrected chi connectivity index (χ3v) is 6.41. The van der Waals surface area contributed by atoms with Crippen LogP contribution in [-0.4, -0.2) is 43.6 Å². The standard InChI is InChI=1S/C22H28O6/c23-11-18-16(4-6-17-13-27-22(28-17)8-2-1-3-9-22)12-24-21(18)15-5-7-19-20(10-15)26-14-25-19/h4-7,10,16-18,21,23H,1-3,8-9,11-14H2/b6-4-/t16-,17+,18+,21+/m0/s1. The van der Waals surface area contributed by atoms with Gasteiger partial charge in [-0.2, -0.15) is 0 Å². The fraction of sp³-hybridized carbons (Fsp3) is 0.636. The van der Waals surface area contributed by atoms with Gasteiger partial charge in [-0.3, -0.25) is 0 Å². The van der Waals surface area contributed by atoms with E-state index in [0.717, 1.165) is 29.9 Å². The number of fused-ring (bicyclic) bond motifs is 1. The average molecular weight is 388 g/mol. The molecule has 0 radical (unpaired) electrons. The highest BCUT2D eigenvalue weighted by atomic mass is 16.7. The molecule has 3 fully saturated rings. The zero-order chi connectivity index (χ0) is 19.0. The monoisotopic (exact) mass is 388 g/mol. The predicted octanol–water partition coefficient (Wildman–Crippen LogP) is 3.34. The Morgan fingerprint density at radius 3 is 2.75 bits per heavy atom. The van der Waals surface area contributed by atoms with Gasteiger partial charge < -0.3 is 28.8 Å². The summed E-state index contributed by atoms with van der Waals surface area (Å²) in [5, 5.41) is 10.0. The zero-order valence-electron chi connectivity index (χ0n) is 16.0. The van der Waals surface area contributed by atoms with Gasteiger partial charge in [-0.15, -0.1) is 0 Å². The maximum absolute atomic E-state index is 10.0. The van der Waals surface area contributed by atoms with Gasteiger partial charge in [-0.25, -0.2) is 0 Å². The fourth-order valence-electron chi connectivity index (χ4n) is 4.84. The van der Waals surface area contributed by atoms with Gasteiger partial charge >= 0.3 is 0 Å². The molecule has 28 heavy (non-hydrogen) atoms. The molecule has 5 rings (SSSR count). The fourth-order valence-corrected chi connectivity index (χ4v) is 4.84. The van der Waals surface area contributed by atoms with Crippen molar-refractivity contribution >= 4 is 0 Å². The summed E-state index contributed by atoms with van der Waals surface area (Å²) in [6, 6.07) is 5.86. The number of ether oxygens (including phenoxy) is 5. The normalized spacial score (nSPS) is 33.9. The Hall–Kier alpha value is -1.60. The highest BCUT2D eigenvalue weighted by Crippen LogP contribution is 2.43. The van der Waals surface area contributed by atoms with Crippen molar-refractivity contribution in [1.29, 1.82) is 0 Å². The molecular formula is C22H28O6. The Morgan fingerprint density at radius 1 is 1.04 bits per heavy atom. The second-order valence-corrected chi connectivity index (χ2v) is 8.20. The third-order valence-electron chi connectivity index (χ3n) is 6.41. The minimum Gasteiger partial charge on any atom is -0.454 e. The van der Waals surface area contributed by atoms with Gasteiger partial charge in [0, 0.05) is 31.3 Å². The Balaban J connectivity index is 1.24. The molecule has 152 valence electrons. The second-order valence-electron chi connectivity index (χ2n) is 8.20. The van der Waals surface area contributed by atoms with E-state index >= 15 is 0 Å². The summed E-state index contributed by atoms with van der Waals surface area (Å²) in [6.07, 6.45) is 9.69. The maximum atomic E-state index is 10.0. The summed E-state index contributed by atoms with van der Waals surface area (Å²) in [6.45, 7) is 1.52. The Morgan fingerprint density at radius 2 is 1.89 bits per heavy atom. The predicted molar refractivity (Wildman–Crippen MR) is 101 cm³/mol. The van der Waals surface area contributed by atoms with Crippen molar-refractivity contribution in [3.05, 3.63) is 35.9 Å². The minimum absolute atomic E-state index is 0.00239. The third kappa shape index (κ3) is 3.43.